The quantitative estimate of drug-likeness (QED) is 0.363. The monoisotopic (exact) mass is 464 g/mol. The molecule has 5 rings (SSSR count). The minimum Gasteiger partial charge on any atom is -0.458 e. The van der Waals surface area contributed by atoms with E-state index in [4.69, 9.17) is 9.47 Å². The van der Waals surface area contributed by atoms with Crippen LogP contribution in [0.3, 0.4) is 0 Å². The Labute approximate surface area is 204 Å². The highest BCUT2D eigenvalue weighted by Crippen LogP contribution is 2.67. The summed E-state index contributed by atoms with van der Waals surface area (Å²) in [6, 6.07) is 10.1. The van der Waals surface area contributed by atoms with Crippen LogP contribution in [0.25, 0.3) is 0 Å². The molecule has 0 saturated heterocycles. The van der Waals surface area contributed by atoms with Crippen LogP contribution in [-0.2, 0) is 19.1 Å². The van der Waals surface area contributed by atoms with E-state index in [0.717, 1.165) is 44.1 Å². The molecule has 0 N–H and O–H groups in total. The molecule has 0 spiro atoms. The smallest absolute Gasteiger partial charge is 0.310 e. The van der Waals surface area contributed by atoms with E-state index in [0.29, 0.717) is 17.8 Å². The van der Waals surface area contributed by atoms with E-state index in [9.17, 15) is 9.59 Å². The number of fused-ring (bicyclic) bond motifs is 5. The van der Waals surface area contributed by atoms with Crippen LogP contribution in [0.2, 0.25) is 0 Å². The van der Waals surface area contributed by atoms with Crippen molar-refractivity contribution in [3.63, 3.8) is 0 Å². The zero-order valence-electron chi connectivity index (χ0n) is 21.2. The van der Waals surface area contributed by atoms with Crippen molar-refractivity contribution in [3.8, 4) is 0 Å². The van der Waals surface area contributed by atoms with Crippen molar-refractivity contribution in [2.75, 3.05) is 0 Å². The normalized spacial score (nSPS) is 39.6. The highest BCUT2D eigenvalue weighted by atomic mass is 16.5. The van der Waals surface area contributed by atoms with Gasteiger partial charge in [-0.3, -0.25) is 9.59 Å². The molecule has 0 aliphatic heterocycles. The van der Waals surface area contributed by atoms with Gasteiger partial charge in [-0.2, -0.15) is 0 Å². The van der Waals surface area contributed by atoms with Crippen molar-refractivity contribution in [2.24, 2.45) is 34.5 Å². The van der Waals surface area contributed by atoms with Gasteiger partial charge in [-0.05, 0) is 98.5 Å². The van der Waals surface area contributed by atoms with Gasteiger partial charge >= 0.3 is 11.9 Å². The summed E-state index contributed by atoms with van der Waals surface area (Å²) in [4.78, 5) is 24.9. The van der Waals surface area contributed by atoms with Crippen molar-refractivity contribution >= 4 is 11.9 Å². The standard InChI is InChI=1S/C30H40O4/c1-19(21-8-6-5-7-9-21)33-28(32)27-13-12-25-24-11-10-22-18-23(34-20(2)31)14-16-29(22,3)26(24)15-17-30(25,27)4/h5-9,18-19,23-27H,10-17H2,1-4H3/t19-,23+,24+,25+,26+,27-,29+,30+/m1/s1. The van der Waals surface area contributed by atoms with E-state index in [1.165, 1.54) is 25.3 Å². The van der Waals surface area contributed by atoms with E-state index >= 15 is 0 Å². The minimum absolute atomic E-state index is 0.00398. The van der Waals surface area contributed by atoms with Crippen molar-refractivity contribution in [2.45, 2.75) is 91.3 Å². The van der Waals surface area contributed by atoms with E-state index in [1.807, 2.05) is 37.3 Å². The van der Waals surface area contributed by atoms with Crippen LogP contribution in [0.15, 0.2) is 42.0 Å². The fourth-order valence-corrected chi connectivity index (χ4v) is 8.44. The number of rotatable bonds is 4. The number of ether oxygens (including phenoxy) is 2. The zero-order chi connectivity index (χ0) is 24.1. The average Bonchev–Trinajstić information content (AvgIpc) is 3.17. The first-order chi connectivity index (χ1) is 16.2. The van der Waals surface area contributed by atoms with Crippen LogP contribution in [0.5, 0.6) is 0 Å². The second kappa shape index (κ2) is 8.84. The molecule has 34 heavy (non-hydrogen) atoms. The number of allylic oxidation sites excluding steroid dienone is 1. The maximum atomic E-state index is 13.4. The summed E-state index contributed by atoms with van der Waals surface area (Å²) in [6.07, 6.45) is 10.7. The summed E-state index contributed by atoms with van der Waals surface area (Å²) < 4.78 is 11.6. The van der Waals surface area contributed by atoms with Crippen molar-refractivity contribution in [1.82, 2.24) is 0 Å². The molecule has 0 heterocycles. The van der Waals surface area contributed by atoms with Crippen molar-refractivity contribution < 1.29 is 19.1 Å². The summed E-state index contributed by atoms with van der Waals surface area (Å²) in [5.41, 5.74) is 2.83. The van der Waals surface area contributed by atoms with Gasteiger partial charge in [-0.25, -0.2) is 0 Å². The summed E-state index contributed by atoms with van der Waals surface area (Å²) in [5.74, 6) is 1.77. The molecule has 4 aliphatic rings. The van der Waals surface area contributed by atoms with Crippen molar-refractivity contribution in [1.29, 1.82) is 0 Å². The highest BCUT2D eigenvalue weighted by Gasteiger charge is 2.60. The number of carbonyl (C=O) groups is 2. The van der Waals surface area contributed by atoms with Gasteiger partial charge < -0.3 is 9.47 Å². The van der Waals surface area contributed by atoms with Gasteiger partial charge in [0.1, 0.15) is 12.2 Å². The molecule has 4 aliphatic carbocycles. The molecule has 3 saturated carbocycles. The van der Waals surface area contributed by atoms with Gasteiger partial charge in [0.25, 0.3) is 0 Å². The molecule has 184 valence electrons. The summed E-state index contributed by atoms with van der Waals surface area (Å²) in [5, 5.41) is 0. The summed E-state index contributed by atoms with van der Waals surface area (Å²) >= 11 is 0. The fraction of sp³-hybridized carbons (Fsp3) is 0.667. The first kappa shape index (κ1) is 23.6. The Morgan fingerprint density at radius 3 is 2.47 bits per heavy atom. The van der Waals surface area contributed by atoms with Gasteiger partial charge in [0.15, 0.2) is 0 Å². The topological polar surface area (TPSA) is 52.6 Å². The van der Waals surface area contributed by atoms with Gasteiger partial charge in [0.2, 0.25) is 0 Å². The number of hydrogen-bond acceptors (Lipinski definition) is 4. The predicted molar refractivity (Wildman–Crippen MR) is 132 cm³/mol. The fourth-order valence-electron chi connectivity index (χ4n) is 8.44. The van der Waals surface area contributed by atoms with Crippen LogP contribution >= 0.6 is 0 Å². The van der Waals surface area contributed by atoms with Gasteiger partial charge in [-0.15, -0.1) is 0 Å². The van der Waals surface area contributed by atoms with Crippen LogP contribution in [-0.4, -0.2) is 18.0 Å². The largest absolute Gasteiger partial charge is 0.458 e. The van der Waals surface area contributed by atoms with Gasteiger partial charge in [0.05, 0.1) is 5.92 Å². The van der Waals surface area contributed by atoms with Gasteiger partial charge in [-0.1, -0.05) is 49.8 Å². The molecule has 0 radical (unpaired) electrons. The molecule has 0 unspecified atom stereocenters. The lowest BCUT2D eigenvalue weighted by Crippen LogP contribution is -2.51. The Kier molecular flexibility index (Phi) is 6.14. The van der Waals surface area contributed by atoms with E-state index < -0.39 is 0 Å². The SMILES string of the molecule is CC(=O)O[C@@H]1C=C2CC[C@H]3[C@@H]4CC[C@H](C(=O)O[C@H](C)c5ccccc5)[C@@]4(C)CC[C@@H]3[C@@]2(C)CC1. The van der Waals surface area contributed by atoms with Crippen LogP contribution < -0.4 is 0 Å². The third kappa shape index (κ3) is 3.91. The first-order valence-corrected chi connectivity index (χ1v) is 13.4. The molecule has 1 aromatic rings. The number of carbonyl (C=O) groups excluding carboxylic acids is 2. The maximum Gasteiger partial charge on any atom is 0.310 e. The Bertz CT molecular complexity index is 967. The third-order valence-corrected chi connectivity index (χ3v) is 10.2. The average molecular weight is 465 g/mol. The Morgan fingerprint density at radius 2 is 1.74 bits per heavy atom. The Hall–Kier alpha value is -2.10. The number of benzene rings is 1. The lowest BCUT2D eigenvalue weighted by molar-refractivity contribution is -0.161. The Balaban J connectivity index is 1.31. The van der Waals surface area contributed by atoms with Crippen LogP contribution in [0, 0.1) is 34.5 Å². The third-order valence-electron chi connectivity index (χ3n) is 10.2. The molecular weight excluding hydrogens is 424 g/mol. The van der Waals surface area contributed by atoms with Crippen LogP contribution in [0.1, 0.15) is 90.7 Å². The Morgan fingerprint density at radius 1 is 0.971 bits per heavy atom. The lowest BCUT2D eigenvalue weighted by Gasteiger charge is -2.58. The lowest BCUT2D eigenvalue weighted by atomic mass is 9.47. The first-order valence-electron chi connectivity index (χ1n) is 13.4. The number of esters is 2. The molecule has 8 atom stereocenters. The van der Waals surface area contributed by atoms with Crippen LogP contribution in [0.4, 0.5) is 0 Å². The summed E-state index contributed by atoms with van der Waals surface area (Å²) in [7, 11) is 0. The second-order valence-electron chi connectivity index (χ2n) is 11.9. The molecule has 0 bridgehead atoms. The molecule has 3 fully saturated rings. The zero-order valence-corrected chi connectivity index (χ0v) is 21.2. The predicted octanol–water partition coefficient (Wildman–Crippen LogP) is 6.80. The summed E-state index contributed by atoms with van der Waals surface area (Å²) in [6.45, 7) is 8.34. The molecule has 4 nitrogen and oxygen atoms in total. The molecule has 0 amide bonds. The molecule has 0 aromatic heterocycles. The molecule has 4 heteroatoms. The highest BCUT2D eigenvalue weighted by molar-refractivity contribution is 5.74. The van der Waals surface area contributed by atoms with E-state index in [-0.39, 0.29) is 40.9 Å². The van der Waals surface area contributed by atoms with Crippen molar-refractivity contribution in [3.05, 3.63) is 47.5 Å². The maximum absolute atomic E-state index is 13.4. The molecular formula is C30H40O4. The van der Waals surface area contributed by atoms with E-state index in [2.05, 4.69) is 19.9 Å². The molecule has 1 aromatic carbocycles. The van der Waals surface area contributed by atoms with E-state index in [1.54, 1.807) is 0 Å². The second-order valence-corrected chi connectivity index (χ2v) is 11.9. The minimum atomic E-state index is -0.207. The number of hydrogen-bond donors (Lipinski definition) is 0. The van der Waals surface area contributed by atoms with Gasteiger partial charge in [0, 0.05) is 6.92 Å².